The summed E-state index contributed by atoms with van der Waals surface area (Å²) in [6.07, 6.45) is -12.3. The summed E-state index contributed by atoms with van der Waals surface area (Å²) in [4.78, 5) is 19.1. The Bertz CT molecular complexity index is 793. The highest BCUT2D eigenvalue weighted by atomic mass is 19.4. The molecule has 0 spiro atoms. The number of pyridine rings is 1. The van der Waals surface area contributed by atoms with E-state index in [0.717, 1.165) is 19.1 Å². The molecular formula is C16H19F5N4O3. The summed E-state index contributed by atoms with van der Waals surface area (Å²) in [6, 6.07) is 0.889. The Morgan fingerprint density at radius 3 is 2.46 bits per heavy atom. The second-order valence-electron chi connectivity index (χ2n) is 7.24. The average Bonchev–Trinajstić information content (AvgIpc) is 2.50. The zero-order chi connectivity index (χ0) is 21.5. The van der Waals surface area contributed by atoms with Gasteiger partial charge in [0.1, 0.15) is 28.5 Å². The number of nitrogen functional groups attached to an aromatic ring is 1. The SMILES string of the molecule is CC(C)(C)OC(=O)NC1=N[C@](C)(c2nc(N)ccc2F)[C@@H](F)[C@H](C(F)(F)F)O1. The number of amides is 1. The van der Waals surface area contributed by atoms with Crippen LogP contribution in [-0.2, 0) is 15.0 Å². The number of rotatable bonds is 1. The number of nitrogens with two attached hydrogens (primary N) is 1. The molecule has 1 aromatic heterocycles. The van der Waals surface area contributed by atoms with E-state index in [0.29, 0.717) is 0 Å². The van der Waals surface area contributed by atoms with E-state index < -0.39 is 53.2 Å². The highest BCUT2D eigenvalue weighted by molar-refractivity contribution is 5.91. The van der Waals surface area contributed by atoms with Gasteiger partial charge in [-0.25, -0.2) is 28.9 Å². The van der Waals surface area contributed by atoms with E-state index in [1.54, 1.807) is 0 Å². The van der Waals surface area contributed by atoms with Crippen LogP contribution in [-0.4, -0.2) is 41.2 Å². The predicted octanol–water partition coefficient (Wildman–Crippen LogP) is 3.20. The minimum absolute atomic E-state index is 0.253. The Hall–Kier alpha value is -2.66. The van der Waals surface area contributed by atoms with Crippen LogP contribution in [0.15, 0.2) is 17.1 Å². The normalized spacial score (nSPS) is 25.5. The number of aromatic nitrogens is 1. The van der Waals surface area contributed by atoms with Crippen LogP contribution in [0, 0.1) is 5.82 Å². The number of carbonyl (C=O) groups excluding carboxylic acids is 1. The second-order valence-corrected chi connectivity index (χ2v) is 7.24. The Morgan fingerprint density at radius 2 is 1.93 bits per heavy atom. The van der Waals surface area contributed by atoms with Crippen molar-refractivity contribution in [2.75, 3.05) is 5.73 Å². The summed E-state index contributed by atoms with van der Waals surface area (Å²) in [6.45, 7) is 5.44. The third-order valence-electron chi connectivity index (χ3n) is 3.65. The topological polar surface area (TPSA) is 98.8 Å². The molecule has 0 saturated carbocycles. The van der Waals surface area contributed by atoms with Gasteiger partial charge in [0.2, 0.25) is 6.10 Å². The molecule has 2 heterocycles. The molecule has 0 bridgehead atoms. The molecule has 7 nitrogen and oxygen atoms in total. The molecule has 1 aliphatic rings. The summed E-state index contributed by atoms with van der Waals surface area (Å²) >= 11 is 0. The standard InChI is InChI=1S/C16H19F5N4O3/c1-14(2,3)28-13(26)24-12-25-15(4,9(18)11(27-12)16(19,20)21)10-7(17)5-6-8(22)23-10/h5-6,9,11H,1-4H3,(H2,22,23)(H,24,25,26)/t9-,11+,15-/m0/s1. The van der Waals surface area contributed by atoms with Crippen LogP contribution in [0.5, 0.6) is 0 Å². The largest absolute Gasteiger partial charge is 0.449 e. The van der Waals surface area contributed by atoms with Gasteiger partial charge in [-0.1, -0.05) is 0 Å². The Morgan fingerprint density at radius 1 is 1.32 bits per heavy atom. The molecule has 1 aromatic rings. The van der Waals surface area contributed by atoms with E-state index in [2.05, 4.69) is 14.7 Å². The fourth-order valence-corrected chi connectivity index (χ4v) is 2.45. The molecule has 0 fully saturated rings. The maximum Gasteiger partial charge on any atom is 0.428 e. The average molecular weight is 410 g/mol. The van der Waals surface area contributed by atoms with Crippen molar-refractivity contribution < 1.29 is 36.2 Å². The first-order valence-corrected chi connectivity index (χ1v) is 8.03. The van der Waals surface area contributed by atoms with Gasteiger partial charge in [0.25, 0.3) is 6.02 Å². The van der Waals surface area contributed by atoms with Crippen molar-refractivity contribution in [3.63, 3.8) is 0 Å². The Balaban J connectivity index is 2.51. The fourth-order valence-electron chi connectivity index (χ4n) is 2.45. The highest BCUT2D eigenvalue weighted by Crippen LogP contribution is 2.42. The van der Waals surface area contributed by atoms with Gasteiger partial charge in [-0.15, -0.1) is 0 Å². The van der Waals surface area contributed by atoms with Gasteiger partial charge in [-0.3, -0.25) is 0 Å². The van der Waals surface area contributed by atoms with Gasteiger partial charge in [0, 0.05) is 0 Å². The van der Waals surface area contributed by atoms with Crippen LogP contribution in [0.1, 0.15) is 33.4 Å². The summed E-state index contributed by atoms with van der Waals surface area (Å²) in [5, 5.41) is 1.88. The summed E-state index contributed by atoms with van der Waals surface area (Å²) in [5.74, 6) is -1.38. The van der Waals surface area contributed by atoms with Crippen molar-refractivity contribution in [3.8, 4) is 0 Å². The Labute approximate surface area is 157 Å². The van der Waals surface area contributed by atoms with E-state index >= 15 is 0 Å². The zero-order valence-electron chi connectivity index (χ0n) is 15.4. The number of hydrogen-bond donors (Lipinski definition) is 2. The predicted molar refractivity (Wildman–Crippen MR) is 88.6 cm³/mol. The van der Waals surface area contributed by atoms with Crippen molar-refractivity contribution >= 4 is 17.9 Å². The maximum absolute atomic E-state index is 14.8. The van der Waals surface area contributed by atoms with E-state index in [4.69, 9.17) is 10.5 Å². The number of anilines is 1. The number of carbonyl (C=O) groups is 1. The molecule has 1 aliphatic heterocycles. The second kappa shape index (κ2) is 7.06. The monoisotopic (exact) mass is 410 g/mol. The van der Waals surface area contributed by atoms with Crippen LogP contribution in [0.25, 0.3) is 0 Å². The minimum atomic E-state index is -5.19. The molecule has 3 atom stereocenters. The molecule has 1 amide bonds. The van der Waals surface area contributed by atoms with Gasteiger partial charge in [-0.05, 0) is 39.8 Å². The van der Waals surface area contributed by atoms with E-state index in [1.807, 2.05) is 5.32 Å². The highest BCUT2D eigenvalue weighted by Gasteiger charge is 2.59. The van der Waals surface area contributed by atoms with Crippen molar-refractivity contribution in [3.05, 3.63) is 23.6 Å². The molecule has 2 rings (SSSR count). The fraction of sp³-hybridized carbons (Fsp3) is 0.562. The first-order chi connectivity index (χ1) is 12.6. The lowest BCUT2D eigenvalue weighted by molar-refractivity contribution is -0.228. The van der Waals surface area contributed by atoms with Gasteiger partial charge < -0.3 is 15.2 Å². The lowest BCUT2D eigenvalue weighted by Gasteiger charge is -2.39. The first kappa shape index (κ1) is 21.6. The number of halogens is 5. The lowest BCUT2D eigenvalue weighted by atomic mass is 9.87. The zero-order valence-corrected chi connectivity index (χ0v) is 15.4. The molecule has 28 heavy (non-hydrogen) atoms. The van der Waals surface area contributed by atoms with Crippen molar-refractivity contribution in [1.82, 2.24) is 10.3 Å². The molecule has 0 aliphatic carbocycles. The van der Waals surface area contributed by atoms with Crippen molar-refractivity contribution in [2.24, 2.45) is 4.99 Å². The van der Waals surface area contributed by atoms with Crippen LogP contribution in [0.4, 0.5) is 32.6 Å². The molecule has 0 saturated heterocycles. The van der Waals surface area contributed by atoms with E-state index in [-0.39, 0.29) is 5.82 Å². The number of aliphatic imine (C=N–C) groups is 1. The van der Waals surface area contributed by atoms with Crippen LogP contribution in [0.2, 0.25) is 0 Å². The molecule has 0 unspecified atom stereocenters. The lowest BCUT2D eigenvalue weighted by Crippen LogP contribution is -2.57. The smallest absolute Gasteiger partial charge is 0.428 e. The quantitative estimate of drug-likeness (QED) is 0.693. The number of amidine groups is 1. The number of alkyl carbamates (subject to hydrolysis) is 1. The summed E-state index contributed by atoms with van der Waals surface area (Å²) < 4.78 is 78.4. The van der Waals surface area contributed by atoms with E-state index in [1.165, 1.54) is 20.8 Å². The molecule has 12 heteroatoms. The molecule has 3 N–H and O–H groups in total. The maximum atomic E-state index is 14.8. The van der Waals surface area contributed by atoms with Crippen molar-refractivity contribution in [2.45, 2.75) is 57.3 Å². The first-order valence-electron chi connectivity index (χ1n) is 8.03. The number of nitrogens with one attached hydrogen (secondary N) is 1. The molecule has 0 aromatic carbocycles. The van der Waals surface area contributed by atoms with Crippen LogP contribution < -0.4 is 11.1 Å². The van der Waals surface area contributed by atoms with Gasteiger partial charge in [0.15, 0.2) is 6.17 Å². The third-order valence-corrected chi connectivity index (χ3v) is 3.65. The number of ether oxygens (including phenoxy) is 2. The Kier molecular flexibility index (Phi) is 5.46. The van der Waals surface area contributed by atoms with Crippen LogP contribution >= 0.6 is 0 Å². The molecular weight excluding hydrogens is 391 g/mol. The van der Waals surface area contributed by atoms with E-state index in [9.17, 15) is 26.7 Å². The summed E-state index contributed by atoms with van der Waals surface area (Å²) in [7, 11) is 0. The minimum Gasteiger partial charge on any atom is -0.449 e. The van der Waals surface area contributed by atoms with Crippen molar-refractivity contribution in [1.29, 1.82) is 0 Å². The van der Waals surface area contributed by atoms with Gasteiger partial charge >= 0.3 is 12.3 Å². The van der Waals surface area contributed by atoms with Crippen LogP contribution in [0.3, 0.4) is 0 Å². The van der Waals surface area contributed by atoms with Gasteiger partial charge in [-0.2, -0.15) is 13.2 Å². The number of nitrogens with zero attached hydrogens (tertiary/aromatic N) is 2. The number of alkyl halides is 4. The van der Waals surface area contributed by atoms with Gasteiger partial charge in [0.05, 0.1) is 0 Å². The molecule has 0 radical (unpaired) electrons. The summed E-state index contributed by atoms with van der Waals surface area (Å²) in [5.41, 5.74) is 1.23. The molecule has 156 valence electrons. The number of hydrogen-bond acceptors (Lipinski definition) is 6. The third kappa shape index (κ3) is 4.60.